The summed E-state index contributed by atoms with van der Waals surface area (Å²) in [6.07, 6.45) is 1.57. The van der Waals surface area contributed by atoms with Crippen molar-refractivity contribution in [3.8, 4) is 11.3 Å². The number of ketones is 1. The summed E-state index contributed by atoms with van der Waals surface area (Å²) in [6.45, 7) is 8.72. The van der Waals surface area contributed by atoms with Gasteiger partial charge in [-0.05, 0) is 41.7 Å². The quantitative estimate of drug-likeness (QED) is 0.388. The average molecular weight is 393 g/mol. The number of nitrogens with one attached hydrogen (secondary N) is 1. The van der Waals surface area contributed by atoms with Gasteiger partial charge >= 0.3 is 0 Å². The Morgan fingerprint density at radius 1 is 0.867 bits per heavy atom. The molecule has 1 aliphatic carbocycles. The first-order chi connectivity index (χ1) is 14.3. The molecule has 4 nitrogen and oxygen atoms in total. The summed E-state index contributed by atoms with van der Waals surface area (Å²) in [4.78, 5) is 22.4. The van der Waals surface area contributed by atoms with Crippen molar-refractivity contribution in [1.82, 2.24) is 9.97 Å². The maximum Gasteiger partial charge on any atom is 0.196 e. The highest BCUT2D eigenvalue weighted by Crippen LogP contribution is 2.41. The maximum atomic E-state index is 13.5. The van der Waals surface area contributed by atoms with Crippen LogP contribution in [-0.4, -0.2) is 15.8 Å². The topological polar surface area (TPSA) is 54.9 Å². The molecule has 0 radical (unpaired) electrons. The lowest BCUT2D eigenvalue weighted by Gasteiger charge is -2.23. The van der Waals surface area contributed by atoms with Crippen molar-refractivity contribution in [3.05, 3.63) is 83.2 Å². The summed E-state index contributed by atoms with van der Waals surface area (Å²) in [7, 11) is 0. The van der Waals surface area contributed by atoms with E-state index in [9.17, 15) is 4.79 Å². The van der Waals surface area contributed by atoms with E-state index in [0.29, 0.717) is 11.1 Å². The SMILES string of the molecule is Cc1cc(C(C)(C)C)ccc1Nc1ccc2ncnc3c2c1C(=O)c1ccccc1-3. The highest BCUT2D eigenvalue weighted by atomic mass is 16.1. The molecule has 1 N–H and O–H groups in total. The largest absolute Gasteiger partial charge is 0.355 e. The number of carbonyl (C=O) groups excluding carboxylic acids is 1. The Labute approximate surface area is 176 Å². The minimum atomic E-state index is 0.00460. The summed E-state index contributed by atoms with van der Waals surface area (Å²) < 4.78 is 0. The van der Waals surface area contributed by atoms with Crippen molar-refractivity contribution in [2.75, 3.05) is 5.32 Å². The van der Waals surface area contributed by atoms with Gasteiger partial charge in [-0.3, -0.25) is 4.79 Å². The van der Waals surface area contributed by atoms with Gasteiger partial charge in [-0.2, -0.15) is 0 Å². The van der Waals surface area contributed by atoms with Crippen LogP contribution < -0.4 is 5.32 Å². The monoisotopic (exact) mass is 393 g/mol. The van der Waals surface area contributed by atoms with Gasteiger partial charge < -0.3 is 5.32 Å². The highest BCUT2D eigenvalue weighted by molar-refractivity contribution is 6.27. The normalized spacial score (nSPS) is 12.7. The predicted molar refractivity (Wildman–Crippen MR) is 122 cm³/mol. The molecule has 3 aromatic carbocycles. The van der Waals surface area contributed by atoms with Crippen LogP contribution >= 0.6 is 0 Å². The smallest absolute Gasteiger partial charge is 0.196 e. The summed E-state index contributed by atoms with van der Waals surface area (Å²) in [5.41, 5.74) is 8.06. The Morgan fingerprint density at radius 3 is 2.33 bits per heavy atom. The lowest BCUT2D eigenvalue weighted by molar-refractivity contribution is 0.104. The van der Waals surface area contributed by atoms with Crippen LogP contribution in [0, 0.1) is 6.92 Å². The Bertz CT molecular complexity index is 1330. The molecule has 0 unspecified atom stereocenters. The number of hydrogen-bond donors (Lipinski definition) is 1. The molecule has 4 heteroatoms. The van der Waals surface area contributed by atoms with Gasteiger partial charge in [0.15, 0.2) is 5.78 Å². The van der Waals surface area contributed by atoms with Gasteiger partial charge in [-0.25, -0.2) is 9.97 Å². The van der Waals surface area contributed by atoms with Crippen LogP contribution in [0.3, 0.4) is 0 Å². The first-order valence-corrected chi connectivity index (χ1v) is 10.1. The molecule has 0 amide bonds. The fraction of sp³-hybridized carbons (Fsp3) is 0.192. The van der Waals surface area contributed by atoms with Crippen LogP contribution in [0.15, 0.2) is 60.9 Å². The van der Waals surface area contributed by atoms with Crippen molar-refractivity contribution in [2.45, 2.75) is 33.1 Å². The number of aromatic nitrogens is 2. The highest BCUT2D eigenvalue weighted by Gasteiger charge is 2.29. The van der Waals surface area contributed by atoms with Crippen molar-refractivity contribution in [3.63, 3.8) is 0 Å². The summed E-state index contributed by atoms with van der Waals surface area (Å²) in [6, 6.07) is 18.0. The number of carbonyl (C=O) groups is 1. The Balaban J connectivity index is 1.69. The molecule has 148 valence electrons. The van der Waals surface area contributed by atoms with Gasteiger partial charge in [0, 0.05) is 22.2 Å². The zero-order valence-corrected chi connectivity index (χ0v) is 17.6. The van der Waals surface area contributed by atoms with E-state index in [1.807, 2.05) is 36.4 Å². The van der Waals surface area contributed by atoms with Crippen LogP contribution in [0.1, 0.15) is 47.8 Å². The molecule has 5 rings (SSSR count). The molecule has 1 aliphatic rings. The molecule has 0 atom stereocenters. The second-order valence-corrected chi connectivity index (χ2v) is 8.88. The summed E-state index contributed by atoms with van der Waals surface area (Å²) in [5.74, 6) is 0.00460. The fourth-order valence-electron chi connectivity index (χ4n) is 4.13. The van der Waals surface area contributed by atoms with E-state index in [1.54, 1.807) is 6.33 Å². The number of nitrogens with zero attached hydrogens (tertiary/aromatic N) is 2. The number of benzene rings is 3. The lowest BCUT2D eigenvalue weighted by atomic mass is 9.85. The van der Waals surface area contributed by atoms with Crippen molar-refractivity contribution in [1.29, 1.82) is 0 Å². The molecule has 0 aliphatic heterocycles. The fourth-order valence-corrected chi connectivity index (χ4v) is 4.13. The Morgan fingerprint density at radius 2 is 1.60 bits per heavy atom. The number of anilines is 2. The average Bonchev–Trinajstić information content (AvgIpc) is 2.73. The van der Waals surface area contributed by atoms with Crippen molar-refractivity contribution < 1.29 is 4.79 Å². The standard InChI is InChI=1S/C26H23N3O/c1-15-13-16(26(2,3)4)9-10-19(15)29-21-12-11-20-22-23(21)25(30)18-8-6-5-7-17(18)24(22)28-14-27-20/h5-14,29H,1-4H3. The molecular weight excluding hydrogens is 370 g/mol. The van der Waals surface area contributed by atoms with Crippen molar-refractivity contribution >= 4 is 28.1 Å². The molecular formula is C26H23N3O. The van der Waals surface area contributed by atoms with Gasteiger partial charge in [-0.1, -0.05) is 57.2 Å². The number of rotatable bonds is 2. The first-order valence-electron chi connectivity index (χ1n) is 10.1. The third kappa shape index (κ3) is 2.79. The van der Waals surface area contributed by atoms with E-state index in [2.05, 4.69) is 61.2 Å². The third-order valence-corrected chi connectivity index (χ3v) is 5.82. The number of fused-ring (bicyclic) bond motifs is 2. The van der Waals surface area contributed by atoms with Gasteiger partial charge in [0.25, 0.3) is 0 Å². The molecule has 0 bridgehead atoms. The second kappa shape index (κ2) is 6.49. The van der Waals surface area contributed by atoms with E-state index in [0.717, 1.165) is 39.1 Å². The summed E-state index contributed by atoms with van der Waals surface area (Å²) >= 11 is 0. The molecule has 0 spiro atoms. The van der Waals surface area contributed by atoms with E-state index < -0.39 is 0 Å². The minimum Gasteiger partial charge on any atom is -0.355 e. The minimum absolute atomic E-state index is 0.00460. The molecule has 0 saturated carbocycles. The third-order valence-electron chi connectivity index (χ3n) is 5.82. The van der Waals surface area contributed by atoms with E-state index >= 15 is 0 Å². The van der Waals surface area contributed by atoms with Crippen LogP contribution in [-0.2, 0) is 5.41 Å². The van der Waals surface area contributed by atoms with E-state index in [-0.39, 0.29) is 11.2 Å². The van der Waals surface area contributed by atoms with Crippen molar-refractivity contribution in [2.24, 2.45) is 0 Å². The summed E-state index contributed by atoms with van der Waals surface area (Å²) in [5, 5.41) is 4.32. The van der Waals surface area contributed by atoms with Crippen LogP contribution in [0.4, 0.5) is 11.4 Å². The maximum absolute atomic E-state index is 13.5. The zero-order valence-electron chi connectivity index (χ0n) is 17.6. The lowest BCUT2D eigenvalue weighted by Crippen LogP contribution is -2.14. The molecule has 1 aromatic heterocycles. The second-order valence-electron chi connectivity index (χ2n) is 8.88. The number of hydrogen-bond acceptors (Lipinski definition) is 4. The van der Waals surface area contributed by atoms with Crippen LogP contribution in [0.25, 0.3) is 22.2 Å². The Kier molecular flexibility index (Phi) is 4.00. The van der Waals surface area contributed by atoms with Gasteiger partial charge in [0.2, 0.25) is 0 Å². The Hall–Kier alpha value is -3.53. The van der Waals surface area contributed by atoms with Crippen LogP contribution in [0.2, 0.25) is 0 Å². The van der Waals surface area contributed by atoms with E-state index in [4.69, 9.17) is 0 Å². The predicted octanol–water partition coefficient (Wildman–Crippen LogP) is 6.19. The molecule has 4 aromatic rings. The molecule has 0 saturated heterocycles. The zero-order chi connectivity index (χ0) is 21.0. The van der Waals surface area contributed by atoms with E-state index in [1.165, 1.54) is 5.56 Å². The van der Waals surface area contributed by atoms with Crippen LogP contribution in [0.5, 0.6) is 0 Å². The first kappa shape index (κ1) is 18.5. The van der Waals surface area contributed by atoms with Gasteiger partial charge in [0.05, 0.1) is 22.5 Å². The number of aryl methyl sites for hydroxylation is 1. The molecule has 0 fully saturated rings. The van der Waals surface area contributed by atoms with Gasteiger partial charge in [0.1, 0.15) is 6.33 Å². The molecule has 1 heterocycles. The van der Waals surface area contributed by atoms with Gasteiger partial charge in [-0.15, -0.1) is 0 Å². The molecule has 30 heavy (non-hydrogen) atoms.